The molecule has 0 spiro atoms. The Morgan fingerprint density at radius 3 is 2.56 bits per heavy atom. The van der Waals surface area contributed by atoms with E-state index in [0.29, 0.717) is 25.4 Å². The molecule has 2 fully saturated rings. The number of nitrogens with zero attached hydrogens (tertiary/aromatic N) is 1. The molecular formula is C12H24FN3. The zero-order valence-corrected chi connectivity index (χ0v) is 10.3. The Labute approximate surface area is 97.8 Å². The second-order valence-electron chi connectivity index (χ2n) is 5.36. The lowest BCUT2D eigenvalue weighted by atomic mass is 9.92. The van der Waals surface area contributed by atoms with Crippen LogP contribution in [0.4, 0.5) is 4.39 Å². The Balaban J connectivity index is 1.71. The number of hydrogen-bond acceptors (Lipinski definition) is 3. The molecule has 2 rings (SSSR count). The Hall–Kier alpha value is -0.190. The van der Waals surface area contributed by atoms with Gasteiger partial charge in [-0.2, -0.15) is 0 Å². The fraction of sp³-hybridized carbons (Fsp3) is 1.00. The molecule has 0 aliphatic carbocycles. The molecule has 0 bridgehead atoms. The van der Waals surface area contributed by atoms with Crippen molar-refractivity contribution in [1.29, 1.82) is 0 Å². The number of alkyl halides is 1. The van der Waals surface area contributed by atoms with Crippen LogP contribution in [0.25, 0.3) is 0 Å². The lowest BCUT2D eigenvalue weighted by Crippen LogP contribution is -2.50. The Kier molecular flexibility index (Phi) is 4.16. The third-order valence-corrected chi connectivity index (χ3v) is 3.93. The highest BCUT2D eigenvalue weighted by atomic mass is 19.1. The third kappa shape index (κ3) is 3.40. The van der Waals surface area contributed by atoms with Gasteiger partial charge in [0.25, 0.3) is 0 Å². The maximum Gasteiger partial charge on any atom is 0.125 e. The van der Waals surface area contributed by atoms with Crippen molar-refractivity contribution in [3.63, 3.8) is 0 Å². The van der Waals surface area contributed by atoms with Crippen molar-refractivity contribution in [1.82, 2.24) is 15.5 Å². The van der Waals surface area contributed by atoms with Crippen LogP contribution in [0.15, 0.2) is 0 Å². The van der Waals surface area contributed by atoms with Gasteiger partial charge in [-0.3, -0.25) is 0 Å². The molecule has 0 aromatic carbocycles. The van der Waals surface area contributed by atoms with E-state index in [1.54, 1.807) is 0 Å². The molecule has 0 aromatic heterocycles. The van der Waals surface area contributed by atoms with Crippen LogP contribution in [-0.4, -0.2) is 56.4 Å². The van der Waals surface area contributed by atoms with Crippen LogP contribution in [0, 0.1) is 0 Å². The molecule has 0 radical (unpaired) electrons. The predicted molar refractivity (Wildman–Crippen MR) is 64.5 cm³/mol. The van der Waals surface area contributed by atoms with E-state index < -0.39 is 5.67 Å². The highest BCUT2D eigenvalue weighted by molar-refractivity contribution is 4.89. The second kappa shape index (κ2) is 5.43. The van der Waals surface area contributed by atoms with Crippen LogP contribution in [-0.2, 0) is 0 Å². The molecule has 2 heterocycles. The SMILES string of the molecule is CN1CCC(F)(CNC2CCNCC2)CC1. The number of hydrogen-bond donors (Lipinski definition) is 2. The van der Waals surface area contributed by atoms with Gasteiger partial charge in [0.1, 0.15) is 5.67 Å². The van der Waals surface area contributed by atoms with Crippen LogP contribution in [0.3, 0.4) is 0 Å². The molecule has 0 saturated carbocycles. The summed E-state index contributed by atoms with van der Waals surface area (Å²) in [6.45, 7) is 4.47. The van der Waals surface area contributed by atoms with Gasteiger partial charge in [0.2, 0.25) is 0 Å². The van der Waals surface area contributed by atoms with E-state index in [4.69, 9.17) is 0 Å². The number of nitrogens with one attached hydrogen (secondary N) is 2. The van der Waals surface area contributed by atoms with Crippen LogP contribution in [0.2, 0.25) is 0 Å². The Morgan fingerprint density at radius 2 is 1.94 bits per heavy atom. The zero-order chi connectivity index (χ0) is 11.4. The number of likely N-dealkylation sites (tertiary alicyclic amines) is 1. The minimum absolute atomic E-state index is 0.522. The van der Waals surface area contributed by atoms with Gasteiger partial charge in [0, 0.05) is 25.7 Å². The second-order valence-corrected chi connectivity index (χ2v) is 5.36. The van der Waals surface area contributed by atoms with Gasteiger partial charge in [0.15, 0.2) is 0 Å². The van der Waals surface area contributed by atoms with Crippen molar-refractivity contribution in [2.45, 2.75) is 37.4 Å². The van der Waals surface area contributed by atoms with Crippen molar-refractivity contribution < 1.29 is 4.39 Å². The maximum absolute atomic E-state index is 14.4. The fourth-order valence-electron chi connectivity index (χ4n) is 2.55. The molecule has 3 nitrogen and oxygen atoms in total. The smallest absolute Gasteiger partial charge is 0.125 e. The highest BCUT2D eigenvalue weighted by Gasteiger charge is 2.33. The van der Waals surface area contributed by atoms with Crippen LogP contribution in [0.1, 0.15) is 25.7 Å². The van der Waals surface area contributed by atoms with Crippen LogP contribution in [0.5, 0.6) is 0 Å². The lowest BCUT2D eigenvalue weighted by molar-refractivity contribution is 0.0650. The van der Waals surface area contributed by atoms with E-state index in [-0.39, 0.29) is 0 Å². The van der Waals surface area contributed by atoms with Gasteiger partial charge >= 0.3 is 0 Å². The third-order valence-electron chi connectivity index (χ3n) is 3.93. The summed E-state index contributed by atoms with van der Waals surface area (Å²) in [4.78, 5) is 2.21. The van der Waals surface area contributed by atoms with Crippen molar-refractivity contribution in [2.24, 2.45) is 0 Å². The molecule has 94 valence electrons. The van der Waals surface area contributed by atoms with Gasteiger partial charge in [-0.15, -0.1) is 0 Å². The molecule has 16 heavy (non-hydrogen) atoms. The van der Waals surface area contributed by atoms with Gasteiger partial charge in [-0.25, -0.2) is 4.39 Å². The summed E-state index contributed by atoms with van der Waals surface area (Å²) in [6.07, 6.45) is 3.63. The molecule has 2 aliphatic heterocycles. The summed E-state index contributed by atoms with van der Waals surface area (Å²) in [5.41, 5.74) is -0.961. The minimum atomic E-state index is -0.961. The van der Waals surface area contributed by atoms with Gasteiger partial charge in [-0.05, 0) is 45.8 Å². The van der Waals surface area contributed by atoms with Gasteiger partial charge in [-0.1, -0.05) is 0 Å². The van der Waals surface area contributed by atoms with E-state index in [9.17, 15) is 4.39 Å². The monoisotopic (exact) mass is 229 g/mol. The molecule has 0 atom stereocenters. The van der Waals surface area contributed by atoms with E-state index >= 15 is 0 Å². The Morgan fingerprint density at radius 1 is 1.31 bits per heavy atom. The quantitative estimate of drug-likeness (QED) is 0.748. The first-order valence-corrected chi connectivity index (χ1v) is 6.50. The van der Waals surface area contributed by atoms with Crippen molar-refractivity contribution in [2.75, 3.05) is 39.8 Å². The summed E-state index contributed by atoms with van der Waals surface area (Å²) in [6, 6.07) is 0.522. The summed E-state index contributed by atoms with van der Waals surface area (Å²) >= 11 is 0. The molecule has 0 aromatic rings. The molecule has 4 heteroatoms. The number of piperidine rings is 2. The van der Waals surface area contributed by atoms with E-state index in [0.717, 1.165) is 39.0 Å². The molecule has 2 aliphatic rings. The molecule has 0 unspecified atom stereocenters. The Bertz CT molecular complexity index is 208. The summed E-state index contributed by atoms with van der Waals surface area (Å²) in [7, 11) is 2.07. The number of halogens is 1. The maximum atomic E-state index is 14.4. The molecule has 2 saturated heterocycles. The van der Waals surface area contributed by atoms with Gasteiger partial charge in [0.05, 0.1) is 0 Å². The zero-order valence-electron chi connectivity index (χ0n) is 10.3. The average molecular weight is 229 g/mol. The van der Waals surface area contributed by atoms with Gasteiger partial charge < -0.3 is 15.5 Å². The van der Waals surface area contributed by atoms with E-state index in [1.165, 1.54) is 0 Å². The standard InChI is InChI=1S/C12H24FN3/c1-16-8-4-12(13,5-9-16)10-15-11-2-6-14-7-3-11/h11,14-15H,2-10H2,1H3. The molecular weight excluding hydrogens is 205 g/mol. The first kappa shape index (κ1) is 12.3. The first-order valence-electron chi connectivity index (χ1n) is 6.50. The summed E-state index contributed by atoms with van der Waals surface area (Å²) in [5.74, 6) is 0. The fourth-order valence-corrected chi connectivity index (χ4v) is 2.55. The first-order chi connectivity index (χ1) is 7.68. The van der Waals surface area contributed by atoms with Crippen molar-refractivity contribution in [3.05, 3.63) is 0 Å². The highest BCUT2D eigenvalue weighted by Crippen LogP contribution is 2.25. The summed E-state index contributed by atoms with van der Waals surface area (Å²) < 4.78 is 14.4. The lowest BCUT2D eigenvalue weighted by Gasteiger charge is -2.36. The normalized spacial score (nSPS) is 28.1. The number of rotatable bonds is 3. The topological polar surface area (TPSA) is 27.3 Å². The van der Waals surface area contributed by atoms with Crippen LogP contribution >= 0.6 is 0 Å². The predicted octanol–water partition coefficient (Wildman–Crippen LogP) is 0.762. The molecule has 0 amide bonds. The summed E-state index contributed by atoms with van der Waals surface area (Å²) in [5, 5.41) is 6.74. The average Bonchev–Trinajstić information content (AvgIpc) is 2.33. The van der Waals surface area contributed by atoms with Crippen molar-refractivity contribution >= 4 is 0 Å². The van der Waals surface area contributed by atoms with E-state index in [1.807, 2.05) is 0 Å². The van der Waals surface area contributed by atoms with Crippen LogP contribution < -0.4 is 10.6 Å². The van der Waals surface area contributed by atoms with E-state index in [2.05, 4.69) is 22.6 Å². The van der Waals surface area contributed by atoms with Crippen molar-refractivity contribution in [3.8, 4) is 0 Å². The largest absolute Gasteiger partial charge is 0.317 e. The molecule has 2 N–H and O–H groups in total. The minimum Gasteiger partial charge on any atom is -0.317 e.